The number of carbonyl (C=O) groups is 1. The number of hydrogen-bond donors (Lipinski definition) is 0. The zero-order chi connectivity index (χ0) is 14.9. The smallest absolute Gasteiger partial charge is 0.368 e. The average Bonchev–Trinajstić information content (AvgIpc) is 2.89. The van der Waals surface area contributed by atoms with Gasteiger partial charge >= 0.3 is 6.18 Å². The van der Waals surface area contributed by atoms with Crippen molar-refractivity contribution in [2.24, 2.45) is 0 Å². The maximum Gasteiger partial charge on any atom is 0.405 e. The van der Waals surface area contributed by atoms with Gasteiger partial charge in [-0.1, -0.05) is 0 Å². The van der Waals surface area contributed by atoms with Crippen LogP contribution in [0.25, 0.3) is 0 Å². The van der Waals surface area contributed by atoms with Crippen molar-refractivity contribution in [3.63, 3.8) is 0 Å². The highest BCUT2D eigenvalue weighted by Crippen LogP contribution is 2.30. The summed E-state index contributed by atoms with van der Waals surface area (Å²) in [5, 5.41) is 0. The van der Waals surface area contributed by atoms with Gasteiger partial charge in [-0.25, -0.2) is 0 Å². The summed E-state index contributed by atoms with van der Waals surface area (Å²) in [7, 11) is 0. The molecule has 2 saturated heterocycles. The number of hydrogen-bond acceptors (Lipinski definition) is 3. The minimum atomic E-state index is -4.32. The molecular weight excluding hydrogens is 273 g/mol. The summed E-state index contributed by atoms with van der Waals surface area (Å²) in [5.74, 6) is -0.292. The number of nitrogens with zero attached hydrogens (tertiary/aromatic N) is 2. The summed E-state index contributed by atoms with van der Waals surface area (Å²) in [6, 6.07) is -1.77. The van der Waals surface area contributed by atoms with Gasteiger partial charge in [-0.05, 0) is 26.7 Å². The normalized spacial score (nSPS) is 29.2. The number of piperazine rings is 1. The fourth-order valence-electron chi connectivity index (χ4n) is 2.88. The first-order valence-corrected chi connectivity index (χ1v) is 7.03. The van der Waals surface area contributed by atoms with E-state index in [1.807, 2.05) is 0 Å². The predicted octanol–water partition coefficient (Wildman–Crippen LogP) is 1.65. The van der Waals surface area contributed by atoms with Crippen molar-refractivity contribution in [3.8, 4) is 0 Å². The molecule has 0 saturated carbocycles. The van der Waals surface area contributed by atoms with Crippen LogP contribution in [0.15, 0.2) is 0 Å². The molecule has 2 atom stereocenters. The molecule has 2 heterocycles. The Kier molecular flexibility index (Phi) is 4.59. The summed E-state index contributed by atoms with van der Waals surface area (Å²) in [4.78, 5) is 14.9. The summed E-state index contributed by atoms with van der Waals surface area (Å²) in [5.41, 5.74) is 0. The highest BCUT2D eigenvalue weighted by Gasteiger charge is 2.48. The van der Waals surface area contributed by atoms with Gasteiger partial charge in [-0.3, -0.25) is 9.69 Å². The first-order valence-electron chi connectivity index (χ1n) is 7.03. The van der Waals surface area contributed by atoms with Crippen molar-refractivity contribution >= 4 is 5.91 Å². The molecule has 2 fully saturated rings. The molecule has 7 heteroatoms. The van der Waals surface area contributed by atoms with Crippen molar-refractivity contribution in [1.82, 2.24) is 9.80 Å². The number of ether oxygens (including phenoxy) is 1. The number of alkyl halides is 3. The van der Waals surface area contributed by atoms with E-state index in [-0.39, 0.29) is 25.0 Å². The van der Waals surface area contributed by atoms with E-state index in [0.29, 0.717) is 19.6 Å². The molecule has 0 aromatic heterocycles. The molecule has 2 rings (SSSR count). The van der Waals surface area contributed by atoms with Crippen LogP contribution in [0.2, 0.25) is 0 Å². The maximum atomic E-state index is 13.2. The van der Waals surface area contributed by atoms with Gasteiger partial charge in [0, 0.05) is 32.3 Å². The van der Waals surface area contributed by atoms with Crippen molar-refractivity contribution in [3.05, 3.63) is 0 Å². The van der Waals surface area contributed by atoms with Crippen LogP contribution < -0.4 is 0 Å². The molecule has 2 aliphatic rings. The van der Waals surface area contributed by atoms with E-state index in [9.17, 15) is 18.0 Å². The third kappa shape index (κ3) is 3.25. The number of amides is 1. The minimum absolute atomic E-state index is 0.193. The van der Waals surface area contributed by atoms with Crippen LogP contribution in [0.4, 0.5) is 13.2 Å². The Labute approximate surface area is 116 Å². The van der Waals surface area contributed by atoms with E-state index >= 15 is 0 Å². The predicted molar refractivity (Wildman–Crippen MR) is 67.2 cm³/mol. The van der Waals surface area contributed by atoms with Crippen LogP contribution >= 0.6 is 0 Å². The lowest BCUT2D eigenvalue weighted by Crippen LogP contribution is -2.62. The SMILES string of the molecule is CC(C)N1CCN(C(=O)C2CCCO2)CC1C(F)(F)F. The molecule has 20 heavy (non-hydrogen) atoms. The van der Waals surface area contributed by atoms with Crippen molar-refractivity contribution in [2.45, 2.75) is 51.1 Å². The second-order valence-corrected chi connectivity index (χ2v) is 5.67. The van der Waals surface area contributed by atoms with E-state index < -0.39 is 18.3 Å². The molecule has 0 spiro atoms. The van der Waals surface area contributed by atoms with E-state index in [2.05, 4.69) is 0 Å². The van der Waals surface area contributed by atoms with Gasteiger partial charge in [0.1, 0.15) is 12.1 Å². The van der Waals surface area contributed by atoms with E-state index in [1.165, 1.54) is 9.80 Å². The molecule has 2 aliphatic heterocycles. The second kappa shape index (κ2) is 5.89. The molecule has 0 bridgehead atoms. The third-order valence-corrected chi connectivity index (χ3v) is 3.98. The van der Waals surface area contributed by atoms with Crippen molar-refractivity contribution < 1.29 is 22.7 Å². The Morgan fingerprint density at radius 3 is 2.50 bits per heavy atom. The molecule has 1 amide bonds. The lowest BCUT2D eigenvalue weighted by atomic mass is 10.1. The fourth-order valence-corrected chi connectivity index (χ4v) is 2.88. The first-order chi connectivity index (χ1) is 9.30. The number of carbonyl (C=O) groups excluding carboxylic acids is 1. The minimum Gasteiger partial charge on any atom is -0.368 e. The van der Waals surface area contributed by atoms with E-state index in [4.69, 9.17) is 4.74 Å². The van der Waals surface area contributed by atoms with E-state index in [0.717, 1.165) is 6.42 Å². The first kappa shape index (κ1) is 15.6. The molecule has 4 nitrogen and oxygen atoms in total. The zero-order valence-electron chi connectivity index (χ0n) is 11.8. The molecule has 0 aromatic carbocycles. The van der Waals surface area contributed by atoms with Gasteiger partial charge in [0.15, 0.2) is 0 Å². The van der Waals surface area contributed by atoms with Crippen LogP contribution in [0.1, 0.15) is 26.7 Å². The zero-order valence-corrected chi connectivity index (χ0v) is 11.8. The van der Waals surface area contributed by atoms with Gasteiger partial charge in [0.25, 0.3) is 5.91 Å². The molecule has 2 unspecified atom stereocenters. The molecule has 116 valence electrons. The second-order valence-electron chi connectivity index (χ2n) is 5.67. The van der Waals surface area contributed by atoms with Gasteiger partial charge in [0.05, 0.1) is 0 Å². The lowest BCUT2D eigenvalue weighted by Gasteiger charge is -2.44. The van der Waals surface area contributed by atoms with Gasteiger partial charge < -0.3 is 9.64 Å². The van der Waals surface area contributed by atoms with Gasteiger partial charge in [0.2, 0.25) is 0 Å². The number of halogens is 3. The van der Waals surface area contributed by atoms with E-state index in [1.54, 1.807) is 13.8 Å². The quantitative estimate of drug-likeness (QED) is 0.776. The Hall–Kier alpha value is -0.820. The highest BCUT2D eigenvalue weighted by atomic mass is 19.4. The Bertz CT molecular complexity index is 354. The Morgan fingerprint density at radius 2 is 2.00 bits per heavy atom. The monoisotopic (exact) mass is 294 g/mol. The summed E-state index contributed by atoms with van der Waals surface area (Å²) >= 11 is 0. The van der Waals surface area contributed by atoms with Crippen molar-refractivity contribution in [1.29, 1.82) is 0 Å². The lowest BCUT2D eigenvalue weighted by molar-refractivity contribution is -0.203. The van der Waals surface area contributed by atoms with Gasteiger partial charge in [-0.2, -0.15) is 13.2 Å². The van der Waals surface area contributed by atoms with Crippen LogP contribution in [-0.4, -0.2) is 66.3 Å². The summed E-state index contributed by atoms with van der Waals surface area (Å²) < 4.78 is 44.7. The highest BCUT2D eigenvalue weighted by molar-refractivity contribution is 5.81. The van der Waals surface area contributed by atoms with Crippen LogP contribution in [0.3, 0.4) is 0 Å². The standard InChI is InChI=1S/C13H21F3N2O2/c1-9(2)18-6-5-17(8-11(18)13(14,15)16)12(19)10-4-3-7-20-10/h9-11H,3-8H2,1-2H3. The Balaban J connectivity index is 2.06. The molecule has 0 radical (unpaired) electrons. The average molecular weight is 294 g/mol. The summed E-state index contributed by atoms with van der Waals surface area (Å²) in [6.45, 7) is 4.31. The third-order valence-electron chi connectivity index (χ3n) is 3.98. The molecule has 0 N–H and O–H groups in total. The topological polar surface area (TPSA) is 32.8 Å². The summed E-state index contributed by atoms with van der Waals surface area (Å²) in [6.07, 6.45) is -3.46. The molecular formula is C13H21F3N2O2. The molecule has 0 aliphatic carbocycles. The maximum absolute atomic E-state index is 13.2. The van der Waals surface area contributed by atoms with Crippen LogP contribution in [0, 0.1) is 0 Å². The Morgan fingerprint density at radius 1 is 1.30 bits per heavy atom. The van der Waals surface area contributed by atoms with Gasteiger partial charge in [-0.15, -0.1) is 0 Å². The number of rotatable bonds is 2. The molecule has 0 aromatic rings. The van der Waals surface area contributed by atoms with Crippen LogP contribution in [-0.2, 0) is 9.53 Å². The largest absolute Gasteiger partial charge is 0.405 e. The van der Waals surface area contributed by atoms with Crippen molar-refractivity contribution in [2.75, 3.05) is 26.2 Å². The fraction of sp³-hybridized carbons (Fsp3) is 0.923. The van der Waals surface area contributed by atoms with Crippen LogP contribution in [0.5, 0.6) is 0 Å².